The van der Waals surface area contributed by atoms with Gasteiger partial charge in [-0.15, -0.1) is 0 Å². The first-order valence-electron chi connectivity index (χ1n) is 6.27. The number of aliphatic hydroxyl groups excluding tert-OH is 1. The Kier molecular flexibility index (Phi) is 4.64. The Morgan fingerprint density at radius 1 is 1.48 bits per heavy atom. The summed E-state index contributed by atoms with van der Waals surface area (Å²) >= 11 is 5.63. The van der Waals surface area contributed by atoms with E-state index >= 15 is 0 Å². The molecule has 0 unspecified atom stereocenters. The molecule has 1 aliphatic rings. The van der Waals surface area contributed by atoms with Crippen LogP contribution in [-0.2, 0) is 11.3 Å². The number of aliphatic hydroxyl groups is 1. The van der Waals surface area contributed by atoms with E-state index in [0.29, 0.717) is 5.56 Å². The highest BCUT2D eigenvalue weighted by atomic mass is 35.5. The lowest BCUT2D eigenvalue weighted by atomic mass is 10.2. The van der Waals surface area contributed by atoms with E-state index in [1.54, 1.807) is 0 Å². The molecule has 3 N–H and O–H groups in total. The number of urea groups is 1. The highest BCUT2D eigenvalue weighted by molar-refractivity contribution is 6.30. The molecule has 1 heterocycles. The van der Waals surface area contributed by atoms with Crippen LogP contribution in [0.15, 0.2) is 18.2 Å². The number of carboxylic acids is 1. The molecule has 2 atom stereocenters. The highest BCUT2D eigenvalue weighted by Crippen LogP contribution is 2.19. The van der Waals surface area contributed by atoms with Crippen LogP contribution in [0.5, 0.6) is 0 Å². The fraction of sp³-hybridized carbons (Fsp3) is 0.385. The maximum absolute atomic E-state index is 13.0. The molecule has 8 heteroatoms. The molecule has 0 spiro atoms. The maximum atomic E-state index is 13.0. The molecule has 0 bridgehead atoms. The zero-order chi connectivity index (χ0) is 15.6. The molecule has 21 heavy (non-hydrogen) atoms. The molecule has 0 saturated carbocycles. The van der Waals surface area contributed by atoms with Crippen LogP contribution in [0, 0.1) is 5.82 Å². The van der Waals surface area contributed by atoms with Gasteiger partial charge in [-0.1, -0.05) is 17.7 Å². The first-order valence-corrected chi connectivity index (χ1v) is 6.65. The van der Waals surface area contributed by atoms with E-state index in [1.165, 1.54) is 18.2 Å². The average Bonchev–Trinajstić information content (AvgIpc) is 2.82. The van der Waals surface area contributed by atoms with Crippen LogP contribution >= 0.6 is 11.6 Å². The maximum Gasteiger partial charge on any atom is 0.326 e. The SMILES string of the molecule is O=C(O)[C@H]1C[C@@H](O)CN1C(=O)NCc1ccc(F)c(Cl)c1. The van der Waals surface area contributed by atoms with Gasteiger partial charge in [-0.05, 0) is 17.7 Å². The predicted octanol–water partition coefficient (Wildman–Crippen LogP) is 1.21. The fourth-order valence-electron chi connectivity index (χ4n) is 2.20. The molecular weight excluding hydrogens is 303 g/mol. The van der Waals surface area contributed by atoms with Gasteiger partial charge < -0.3 is 20.4 Å². The van der Waals surface area contributed by atoms with Gasteiger partial charge in [-0.3, -0.25) is 0 Å². The third kappa shape index (κ3) is 3.62. The summed E-state index contributed by atoms with van der Waals surface area (Å²) in [6.07, 6.45) is -0.845. The number of nitrogens with zero attached hydrogens (tertiary/aromatic N) is 1. The normalized spacial score (nSPS) is 21.4. The van der Waals surface area contributed by atoms with E-state index in [2.05, 4.69) is 5.32 Å². The summed E-state index contributed by atoms with van der Waals surface area (Å²) in [5.41, 5.74) is 0.585. The quantitative estimate of drug-likeness (QED) is 0.782. The van der Waals surface area contributed by atoms with Crippen molar-refractivity contribution in [2.75, 3.05) is 6.54 Å². The first kappa shape index (κ1) is 15.5. The molecule has 0 radical (unpaired) electrons. The van der Waals surface area contributed by atoms with Gasteiger partial charge in [0.15, 0.2) is 0 Å². The van der Waals surface area contributed by atoms with E-state index < -0.39 is 30.0 Å². The second kappa shape index (κ2) is 6.28. The smallest absolute Gasteiger partial charge is 0.326 e. The third-order valence-corrected chi connectivity index (χ3v) is 3.54. The lowest BCUT2D eigenvalue weighted by Gasteiger charge is -2.21. The number of benzene rings is 1. The summed E-state index contributed by atoms with van der Waals surface area (Å²) in [7, 11) is 0. The Balaban J connectivity index is 1.97. The van der Waals surface area contributed by atoms with Crippen molar-refractivity contribution in [1.29, 1.82) is 0 Å². The predicted molar refractivity (Wildman–Crippen MR) is 72.4 cm³/mol. The standard InChI is InChI=1S/C13H14ClFN2O4/c14-9-3-7(1-2-10(9)15)5-16-13(21)17-6-8(18)4-11(17)12(19)20/h1-3,8,11,18H,4-6H2,(H,16,21)(H,19,20)/t8-,11-/m1/s1. The molecule has 1 aromatic rings. The monoisotopic (exact) mass is 316 g/mol. The molecule has 114 valence electrons. The van der Waals surface area contributed by atoms with E-state index in [-0.39, 0.29) is 24.5 Å². The lowest BCUT2D eigenvalue weighted by molar-refractivity contribution is -0.141. The zero-order valence-electron chi connectivity index (χ0n) is 10.9. The van der Waals surface area contributed by atoms with Gasteiger partial charge >= 0.3 is 12.0 Å². The molecule has 1 fully saturated rings. The number of aliphatic carboxylic acids is 1. The van der Waals surface area contributed by atoms with E-state index in [0.717, 1.165) is 4.90 Å². The van der Waals surface area contributed by atoms with Crippen molar-refractivity contribution in [2.24, 2.45) is 0 Å². The number of nitrogens with one attached hydrogen (secondary N) is 1. The van der Waals surface area contributed by atoms with Gasteiger partial charge in [-0.25, -0.2) is 14.0 Å². The number of hydrogen-bond acceptors (Lipinski definition) is 3. The van der Waals surface area contributed by atoms with Crippen LogP contribution in [0.3, 0.4) is 0 Å². The van der Waals surface area contributed by atoms with Crippen molar-refractivity contribution >= 4 is 23.6 Å². The van der Waals surface area contributed by atoms with Crippen molar-refractivity contribution in [3.05, 3.63) is 34.6 Å². The second-order valence-corrected chi connectivity index (χ2v) is 5.21. The summed E-state index contributed by atoms with van der Waals surface area (Å²) in [6, 6.07) is 2.39. The van der Waals surface area contributed by atoms with Gasteiger partial charge in [0.1, 0.15) is 11.9 Å². The minimum Gasteiger partial charge on any atom is -0.480 e. The highest BCUT2D eigenvalue weighted by Gasteiger charge is 2.38. The van der Waals surface area contributed by atoms with Crippen LogP contribution in [0.2, 0.25) is 5.02 Å². The van der Waals surface area contributed by atoms with Gasteiger partial charge in [-0.2, -0.15) is 0 Å². The molecule has 1 aromatic carbocycles. The van der Waals surface area contributed by atoms with Crippen molar-refractivity contribution in [3.63, 3.8) is 0 Å². The van der Waals surface area contributed by atoms with Crippen LogP contribution in [0.1, 0.15) is 12.0 Å². The summed E-state index contributed by atoms with van der Waals surface area (Å²) in [4.78, 5) is 24.1. The van der Waals surface area contributed by atoms with Crippen molar-refractivity contribution in [3.8, 4) is 0 Å². The first-order chi connectivity index (χ1) is 9.88. The number of rotatable bonds is 3. The minimum atomic E-state index is -1.16. The van der Waals surface area contributed by atoms with Gasteiger partial charge in [0, 0.05) is 19.5 Å². The molecule has 1 saturated heterocycles. The zero-order valence-corrected chi connectivity index (χ0v) is 11.7. The molecular formula is C13H14ClFN2O4. The van der Waals surface area contributed by atoms with Gasteiger partial charge in [0.25, 0.3) is 0 Å². The Hall–Kier alpha value is -1.86. The lowest BCUT2D eigenvalue weighted by Crippen LogP contribution is -2.45. The number of carboxylic acid groups (broad SMARTS) is 1. The van der Waals surface area contributed by atoms with Crippen LogP contribution in [-0.4, -0.2) is 45.8 Å². The Morgan fingerprint density at radius 2 is 2.19 bits per heavy atom. The molecule has 2 rings (SSSR count). The number of carbonyl (C=O) groups is 2. The molecule has 0 aromatic heterocycles. The fourth-order valence-corrected chi connectivity index (χ4v) is 2.40. The topological polar surface area (TPSA) is 89.9 Å². The molecule has 1 aliphatic heterocycles. The number of likely N-dealkylation sites (tertiary alicyclic amines) is 1. The Labute approximate surface area is 125 Å². The summed E-state index contributed by atoms with van der Waals surface area (Å²) in [6.45, 7) is 0.0464. The largest absolute Gasteiger partial charge is 0.480 e. The number of carbonyl (C=O) groups excluding carboxylic acids is 1. The van der Waals surface area contributed by atoms with Crippen molar-refractivity contribution in [2.45, 2.75) is 25.1 Å². The van der Waals surface area contributed by atoms with E-state index in [4.69, 9.17) is 16.7 Å². The number of β-amino-alcohol motifs (C(OH)–C–C–N with tert-alkyl or cyclic N) is 1. The minimum absolute atomic E-state index is 0.00509. The van der Waals surface area contributed by atoms with Crippen LogP contribution in [0.4, 0.5) is 9.18 Å². The number of amides is 2. The van der Waals surface area contributed by atoms with E-state index in [1.807, 2.05) is 0 Å². The molecule has 0 aliphatic carbocycles. The van der Waals surface area contributed by atoms with Gasteiger partial charge in [0.05, 0.1) is 11.1 Å². The van der Waals surface area contributed by atoms with E-state index in [9.17, 15) is 19.1 Å². The Morgan fingerprint density at radius 3 is 2.81 bits per heavy atom. The van der Waals surface area contributed by atoms with Crippen LogP contribution in [0.25, 0.3) is 0 Å². The molecule has 6 nitrogen and oxygen atoms in total. The van der Waals surface area contributed by atoms with Crippen molar-refractivity contribution in [1.82, 2.24) is 10.2 Å². The average molecular weight is 317 g/mol. The summed E-state index contributed by atoms with van der Waals surface area (Å²) in [5.74, 6) is -1.72. The van der Waals surface area contributed by atoms with Gasteiger partial charge in [0.2, 0.25) is 0 Å². The number of hydrogen-bond donors (Lipinski definition) is 3. The number of halogens is 2. The summed E-state index contributed by atoms with van der Waals surface area (Å²) in [5, 5.41) is 21.0. The second-order valence-electron chi connectivity index (χ2n) is 4.80. The van der Waals surface area contributed by atoms with Crippen LogP contribution < -0.4 is 5.32 Å². The third-order valence-electron chi connectivity index (χ3n) is 3.25. The summed E-state index contributed by atoms with van der Waals surface area (Å²) < 4.78 is 13.0. The Bertz CT molecular complexity index is 569. The molecule has 2 amide bonds. The van der Waals surface area contributed by atoms with Crippen molar-refractivity contribution < 1.29 is 24.2 Å².